The standard InChI is InChI=1S/C35H33NO6/c1-24-31(36-33(41-24)27-12-8-5-9-13-27)20-21-39-30-18-19-32(42-35(2,3)34(37)38)28(22-30)23-40-29-16-14-26(15-17-29)25-10-6-4-7-11-25/h4-19,22H,20-21,23H2,1-3H3,(H,37,38). The van der Waals surface area contributed by atoms with Crippen molar-refractivity contribution in [2.45, 2.75) is 39.4 Å². The van der Waals surface area contributed by atoms with E-state index in [1.165, 1.54) is 13.8 Å². The number of oxazole rings is 1. The van der Waals surface area contributed by atoms with E-state index >= 15 is 0 Å². The Morgan fingerprint density at radius 1 is 0.810 bits per heavy atom. The smallest absolute Gasteiger partial charge is 0.347 e. The van der Waals surface area contributed by atoms with E-state index < -0.39 is 11.6 Å². The number of hydrogen-bond acceptors (Lipinski definition) is 6. The molecule has 0 aliphatic rings. The molecule has 0 bridgehead atoms. The highest BCUT2D eigenvalue weighted by Gasteiger charge is 2.30. The van der Waals surface area contributed by atoms with E-state index in [1.54, 1.807) is 12.1 Å². The zero-order valence-electron chi connectivity index (χ0n) is 23.9. The molecule has 0 spiro atoms. The predicted molar refractivity (Wildman–Crippen MR) is 161 cm³/mol. The van der Waals surface area contributed by atoms with Gasteiger partial charge < -0.3 is 23.7 Å². The molecule has 1 aromatic heterocycles. The minimum absolute atomic E-state index is 0.162. The topological polar surface area (TPSA) is 91.0 Å². The molecule has 214 valence electrons. The van der Waals surface area contributed by atoms with Crippen LogP contribution in [0.2, 0.25) is 0 Å². The van der Waals surface area contributed by atoms with Crippen LogP contribution in [0.25, 0.3) is 22.6 Å². The first-order valence-electron chi connectivity index (χ1n) is 13.8. The number of carboxylic acid groups (broad SMARTS) is 1. The van der Waals surface area contributed by atoms with Crippen LogP contribution in [0.5, 0.6) is 17.2 Å². The molecule has 0 aliphatic heterocycles. The van der Waals surface area contributed by atoms with Crippen molar-refractivity contribution in [2.75, 3.05) is 6.61 Å². The van der Waals surface area contributed by atoms with Crippen LogP contribution in [0.3, 0.4) is 0 Å². The normalized spacial score (nSPS) is 11.2. The molecule has 0 amide bonds. The molecule has 7 nitrogen and oxygen atoms in total. The molecule has 42 heavy (non-hydrogen) atoms. The van der Waals surface area contributed by atoms with Crippen LogP contribution in [0.1, 0.15) is 30.9 Å². The molecule has 5 rings (SSSR count). The Bertz CT molecular complexity index is 1630. The lowest BCUT2D eigenvalue weighted by Crippen LogP contribution is -2.38. The van der Waals surface area contributed by atoms with Crippen LogP contribution in [-0.2, 0) is 17.8 Å². The van der Waals surface area contributed by atoms with Crippen molar-refractivity contribution in [1.29, 1.82) is 0 Å². The molecule has 1 N–H and O–H groups in total. The molecule has 5 aromatic rings. The fourth-order valence-corrected chi connectivity index (χ4v) is 4.34. The summed E-state index contributed by atoms with van der Waals surface area (Å²) in [5.41, 5.74) is 3.21. The van der Waals surface area contributed by atoms with Gasteiger partial charge in [0.25, 0.3) is 0 Å². The maximum absolute atomic E-state index is 11.7. The third-order valence-electron chi connectivity index (χ3n) is 6.79. The summed E-state index contributed by atoms with van der Waals surface area (Å²) in [6, 6.07) is 33.0. The molecule has 0 unspecified atom stereocenters. The number of nitrogens with zero attached hydrogens (tertiary/aromatic N) is 1. The number of aliphatic carboxylic acids is 1. The quantitative estimate of drug-likeness (QED) is 0.166. The lowest BCUT2D eigenvalue weighted by atomic mass is 10.1. The molecule has 0 saturated heterocycles. The van der Waals surface area contributed by atoms with Gasteiger partial charge in [0.05, 0.1) is 12.3 Å². The Morgan fingerprint density at radius 3 is 2.10 bits per heavy atom. The summed E-state index contributed by atoms with van der Waals surface area (Å²) in [5, 5.41) is 9.60. The third kappa shape index (κ3) is 6.99. The number of rotatable bonds is 12. The summed E-state index contributed by atoms with van der Waals surface area (Å²) in [5.74, 6) is 1.98. The Labute approximate surface area is 245 Å². The van der Waals surface area contributed by atoms with Crippen molar-refractivity contribution in [1.82, 2.24) is 4.98 Å². The zero-order valence-corrected chi connectivity index (χ0v) is 23.9. The molecule has 0 radical (unpaired) electrons. The first kappa shape index (κ1) is 28.5. The summed E-state index contributed by atoms with van der Waals surface area (Å²) >= 11 is 0. The maximum atomic E-state index is 11.7. The molecule has 7 heteroatoms. The van der Waals surface area contributed by atoms with Crippen LogP contribution in [-0.4, -0.2) is 28.3 Å². The Balaban J connectivity index is 1.28. The minimum atomic E-state index is -1.42. The average Bonchev–Trinajstić information content (AvgIpc) is 3.38. The number of ether oxygens (including phenoxy) is 3. The monoisotopic (exact) mass is 563 g/mol. The van der Waals surface area contributed by atoms with Crippen molar-refractivity contribution < 1.29 is 28.5 Å². The largest absolute Gasteiger partial charge is 0.493 e. The molecule has 0 fully saturated rings. The van der Waals surface area contributed by atoms with E-state index in [2.05, 4.69) is 17.1 Å². The van der Waals surface area contributed by atoms with Crippen LogP contribution >= 0.6 is 0 Å². The second kappa shape index (κ2) is 12.6. The van der Waals surface area contributed by atoms with Gasteiger partial charge in [-0.15, -0.1) is 0 Å². The Kier molecular flexibility index (Phi) is 8.58. The number of carbonyl (C=O) groups is 1. The number of carboxylic acids is 1. The zero-order chi connectivity index (χ0) is 29.5. The van der Waals surface area contributed by atoms with Crippen molar-refractivity contribution in [3.63, 3.8) is 0 Å². The molecule has 0 atom stereocenters. The van der Waals surface area contributed by atoms with Gasteiger partial charge in [0.1, 0.15) is 29.6 Å². The fraction of sp³-hybridized carbons (Fsp3) is 0.200. The summed E-state index contributed by atoms with van der Waals surface area (Å²) in [6.07, 6.45) is 0.562. The van der Waals surface area contributed by atoms with Crippen molar-refractivity contribution in [3.8, 4) is 39.8 Å². The van der Waals surface area contributed by atoms with Crippen LogP contribution in [0, 0.1) is 6.92 Å². The Morgan fingerprint density at radius 2 is 1.43 bits per heavy atom. The lowest BCUT2D eigenvalue weighted by molar-refractivity contribution is -0.152. The van der Waals surface area contributed by atoms with Crippen LogP contribution < -0.4 is 14.2 Å². The van der Waals surface area contributed by atoms with Gasteiger partial charge in [0.2, 0.25) is 5.89 Å². The van der Waals surface area contributed by atoms with Gasteiger partial charge in [-0.3, -0.25) is 0 Å². The van der Waals surface area contributed by atoms with E-state index in [0.717, 1.165) is 28.1 Å². The molecular weight excluding hydrogens is 530 g/mol. The summed E-state index contributed by atoms with van der Waals surface area (Å²) < 4.78 is 23.9. The first-order valence-corrected chi connectivity index (χ1v) is 13.8. The van der Waals surface area contributed by atoms with E-state index in [1.807, 2.05) is 85.8 Å². The van der Waals surface area contributed by atoms with E-state index in [9.17, 15) is 9.90 Å². The average molecular weight is 564 g/mol. The summed E-state index contributed by atoms with van der Waals surface area (Å²) in [7, 11) is 0. The van der Waals surface area contributed by atoms with Gasteiger partial charge >= 0.3 is 5.97 Å². The number of aryl methyl sites for hydroxylation is 1. The first-order chi connectivity index (χ1) is 20.3. The van der Waals surface area contributed by atoms with Gasteiger partial charge in [-0.25, -0.2) is 9.78 Å². The van der Waals surface area contributed by atoms with Gasteiger partial charge in [0, 0.05) is 17.5 Å². The Hall–Kier alpha value is -5.04. The molecular formula is C35H33NO6. The van der Waals surface area contributed by atoms with Gasteiger partial charge in [-0.05, 0) is 74.4 Å². The fourth-order valence-electron chi connectivity index (χ4n) is 4.34. The third-order valence-corrected chi connectivity index (χ3v) is 6.79. The minimum Gasteiger partial charge on any atom is -0.493 e. The molecule has 4 aromatic carbocycles. The maximum Gasteiger partial charge on any atom is 0.347 e. The highest BCUT2D eigenvalue weighted by molar-refractivity contribution is 5.77. The number of aromatic nitrogens is 1. The van der Waals surface area contributed by atoms with Crippen LogP contribution in [0.15, 0.2) is 108 Å². The highest BCUT2D eigenvalue weighted by Crippen LogP contribution is 2.30. The molecule has 0 aliphatic carbocycles. The number of benzene rings is 4. The number of hydrogen-bond donors (Lipinski definition) is 1. The van der Waals surface area contributed by atoms with Crippen LogP contribution in [0.4, 0.5) is 0 Å². The second-order valence-corrected chi connectivity index (χ2v) is 10.4. The highest BCUT2D eigenvalue weighted by atomic mass is 16.5. The van der Waals surface area contributed by atoms with E-state index in [4.69, 9.17) is 18.6 Å². The van der Waals surface area contributed by atoms with Gasteiger partial charge in [-0.1, -0.05) is 60.7 Å². The molecule has 1 heterocycles. The van der Waals surface area contributed by atoms with Gasteiger partial charge in [0.15, 0.2) is 5.60 Å². The van der Waals surface area contributed by atoms with Crippen molar-refractivity contribution in [2.24, 2.45) is 0 Å². The van der Waals surface area contributed by atoms with Crippen molar-refractivity contribution >= 4 is 5.97 Å². The SMILES string of the molecule is Cc1oc(-c2ccccc2)nc1CCOc1ccc(OC(C)(C)C(=O)O)c(COc2ccc(-c3ccccc3)cc2)c1. The van der Waals surface area contributed by atoms with Gasteiger partial charge in [-0.2, -0.15) is 0 Å². The predicted octanol–water partition coefficient (Wildman–Crippen LogP) is 7.76. The molecule has 0 saturated carbocycles. The second-order valence-electron chi connectivity index (χ2n) is 10.4. The van der Waals surface area contributed by atoms with E-state index in [0.29, 0.717) is 41.7 Å². The lowest BCUT2D eigenvalue weighted by Gasteiger charge is -2.24. The summed E-state index contributed by atoms with van der Waals surface area (Å²) in [4.78, 5) is 16.4. The van der Waals surface area contributed by atoms with Crippen molar-refractivity contribution in [3.05, 3.63) is 120 Å². The summed E-state index contributed by atoms with van der Waals surface area (Å²) in [6.45, 7) is 5.46. The van der Waals surface area contributed by atoms with E-state index in [-0.39, 0.29) is 6.61 Å².